The molecule has 6 heteroatoms. The molecule has 0 unspecified atom stereocenters. The number of benzene rings is 1. The first-order chi connectivity index (χ1) is 8.88. The number of carbonyl (C=O) groups is 1. The third-order valence-electron chi connectivity index (χ3n) is 2.86. The van der Waals surface area contributed by atoms with Crippen LogP contribution in [0.25, 0.3) is 10.9 Å². The summed E-state index contributed by atoms with van der Waals surface area (Å²) in [5, 5.41) is 2.84. The smallest absolute Gasteiger partial charge is 0.361 e. The van der Waals surface area contributed by atoms with Crippen molar-refractivity contribution >= 4 is 16.8 Å². The topological polar surface area (TPSA) is 44.9 Å². The molecule has 0 bridgehead atoms. The van der Waals surface area contributed by atoms with Gasteiger partial charge in [0.05, 0.1) is 0 Å². The van der Waals surface area contributed by atoms with E-state index >= 15 is 0 Å². The minimum atomic E-state index is -4.82. The number of aromatic amines is 1. The maximum absolute atomic E-state index is 12.0. The SMILES string of the molecule is Cc1ccc2[nH]cc(CCNC(=O)C(F)(F)F)c2c1. The van der Waals surface area contributed by atoms with Crippen LogP contribution in [0.3, 0.4) is 0 Å². The van der Waals surface area contributed by atoms with Gasteiger partial charge in [-0.05, 0) is 31.0 Å². The minimum absolute atomic E-state index is 0.0424. The van der Waals surface area contributed by atoms with E-state index in [4.69, 9.17) is 0 Å². The standard InChI is InChI=1S/C13H13F3N2O/c1-8-2-3-11-10(6-8)9(7-18-11)4-5-17-12(19)13(14,15)16/h2-3,6-7,18H,4-5H2,1H3,(H,17,19). The summed E-state index contributed by atoms with van der Waals surface area (Å²) < 4.78 is 36.0. The molecule has 0 fully saturated rings. The number of aromatic nitrogens is 1. The molecule has 2 rings (SSSR count). The fraction of sp³-hybridized carbons (Fsp3) is 0.308. The Bertz CT molecular complexity index is 601. The van der Waals surface area contributed by atoms with Crippen molar-refractivity contribution in [1.82, 2.24) is 10.3 Å². The second-order valence-corrected chi connectivity index (χ2v) is 4.37. The van der Waals surface area contributed by atoms with Gasteiger partial charge in [-0.15, -0.1) is 0 Å². The third kappa shape index (κ3) is 3.07. The highest BCUT2D eigenvalue weighted by Gasteiger charge is 2.38. The summed E-state index contributed by atoms with van der Waals surface area (Å²) in [5.41, 5.74) is 2.90. The maximum atomic E-state index is 12.0. The number of aryl methyl sites for hydroxylation is 1. The van der Waals surface area contributed by atoms with Crippen LogP contribution in [-0.2, 0) is 11.2 Å². The summed E-state index contributed by atoms with van der Waals surface area (Å²) in [5.74, 6) is -1.90. The highest BCUT2D eigenvalue weighted by atomic mass is 19.4. The lowest BCUT2D eigenvalue weighted by atomic mass is 10.1. The van der Waals surface area contributed by atoms with Gasteiger partial charge in [0.25, 0.3) is 0 Å². The number of fused-ring (bicyclic) bond motifs is 1. The molecular formula is C13H13F3N2O. The Morgan fingerprint density at radius 1 is 1.37 bits per heavy atom. The number of nitrogens with one attached hydrogen (secondary N) is 2. The molecule has 0 saturated carbocycles. The first kappa shape index (κ1) is 13.5. The van der Waals surface area contributed by atoms with Crippen molar-refractivity contribution in [2.45, 2.75) is 19.5 Å². The van der Waals surface area contributed by atoms with E-state index in [0.29, 0.717) is 6.42 Å². The van der Waals surface area contributed by atoms with Crippen molar-refractivity contribution in [2.75, 3.05) is 6.54 Å². The highest BCUT2D eigenvalue weighted by molar-refractivity contribution is 5.84. The average molecular weight is 270 g/mol. The van der Waals surface area contributed by atoms with E-state index in [1.807, 2.05) is 30.4 Å². The van der Waals surface area contributed by atoms with Crippen molar-refractivity contribution in [2.24, 2.45) is 0 Å². The van der Waals surface area contributed by atoms with Crippen molar-refractivity contribution in [3.8, 4) is 0 Å². The van der Waals surface area contributed by atoms with Gasteiger partial charge in [-0.1, -0.05) is 11.6 Å². The number of alkyl halides is 3. The van der Waals surface area contributed by atoms with E-state index in [1.54, 1.807) is 6.20 Å². The van der Waals surface area contributed by atoms with Gasteiger partial charge in [-0.3, -0.25) is 4.79 Å². The largest absolute Gasteiger partial charge is 0.471 e. The summed E-state index contributed by atoms with van der Waals surface area (Å²) in [7, 11) is 0. The molecule has 1 aromatic heterocycles. The van der Waals surface area contributed by atoms with Crippen molar-refractivity contribution in [3.05, 3.63) is 35.5 Å². The molecule has 3 nitrogen and oxygen atoms in total. The van der Waals surface area contributed by atoms with Crippen LogP contribution in [0.2, 0.25) is 0 Å². The lowest BCUT2D eigenvalue weighted by Gasteiger charge is -2.07. The third-order valence-corrected chi connectivity index (χ3v) is 2.86. The minimum Gasteiger partial charge on any atom is -0.361 e. The van der Waals surface area contributed by atoms with Crippen LogP contribution in [0.15, 0.2) is 24.4 Å². The van der Waals surface area contributed by atoms with E-state index < -0.39 is 12.1 Å². The van der Waals surface area contributed by atoms with Gasteiger partial charge >= 0.3 is 12.1 Å². The van der Waals surface area contributed by atoms with Gasteiger partial charge < -0.3 is 10.3 Å². The highest BCUT2D eigenvalue weighted by Crippen LogP contribution is 2.20. The van der Waals surface area contributed by atoms with E-state index in [0.717, 1.165) is 22.0 Å². The molecule has 0 atom stereocenters. The Morgan fingerprint density at radius 2 is 2.11 bits per heavy atom. The molecule has 0 radical (unpaired) electrons. The lowest BCUT2D eigenvalue weighted by molar-refractivity contribution is -0.173. The van der Waals surface area contributed by atoms with Crippen molar-refractivity contribution in [3.63, 3.8) is 0 Å². The maximum Gasteiger partial charge on any atom is 0.471 e. The van der Waals surface area contributed by atoms with E-state index in [2.05, 4.69) is 4.98 Å². The molecule has 1 amide bonds. The molecule has 0 saturated heterocycles. The Labute approximate surface area is 107 Å². The zero-order valence-electron chi connectivity index (χ0n) is 10.3. The molecule has 1 heterocycles. The van der Waals surface area contributed by atoms with Gasteiger partial charge in [-0.25, -0.2) is 0 Å². The summed E-state index contributed by atoms with van der Waals surface area (Å²) in [6.45, 7) is 1.90. The van der Waals surface area contributed by atoms with Gasteiger partial charge in [0.2, 0.25) is 0 Å². The Balaban J connectivity index is 2.03. The number of halogens is 3. The monoisotopic (exact) mass is 270 g/mol. The second kappa shape index (κ2) is 4.95. The van der Waals surface area contributed by atoms with Crippen molar-refractivity contribution in [1.29, 1.82) is 0 Å². The van der Waals surface area contributed by atoms with Crippen LogP contribution in [0.1, 0.15) is 11.1 Å². The van der Waals surface area contributed by atoms with Crippen LogP contribution in [-0.4, -0.2) is 23.6 Å². The van der Waals surface area contributed by atoms with Gasteiger partial charge in [0.15, 0.2) is 0 Å². The quantitative estimate of drug-likeness (QED) is 0.885. The molecule has 19 heavy (non-hydrogen) atoms. The van der Waals surface area contributed by atoms with Crippen LogP contribution >= 0.6 is 0 Å². The Kier molecular flexibility index (Phi) is 3.50. The fourth-order valence-electron chi connectivity index (χ4n) is 1.91. The summed E-state index contributed by atoms with van der Waals surface area (Å²) in [4.78, 5) is 13.7. The molecule has 2 aromatic rings. The number of hydrogen-bond donors (Lipinski definition) is 2. The number of H-pyrrole nitrogens is 1. The number of hydrogen-bond acceptors (Lipinski definition) is 1. The Morgan fingerprint density at radius 3 is 2.79 bits per heavy atom. The molecule has 0 aliphatic heterocycles. The lowest BCUT2D eigenvalue weighted by Crippen LogP contribution is -2.37. The molecule has 0 aliphatic carbocycles. The van der Waals surface area contributed by atoms with E-state index in [-0.39, 0.29) is 6.54 Å². The zero-order valence-corrected chi connectivity index (χ0v) is 10.3. The van der Waals surface area contributed by atoms with Crippen LogP contribution in [0.5, 0.6) is 0 Å². The predicted octanol–water partition coefficient (Wildman–Crippen LogP) is 2.70. The van der Waals surface area contributed by atoms with E-state index in [9.17, 15) is 18.0 Å². The van der Waals surface area contributed by atoms with Crippen LogP contribution in [0.4, 0.5) is 13.2 Å². The van der Waals surface area contributed by atoms with E-state index in [1.165, 1.54) is 0 Å². The molecule has 2 N–H and O–H groups in total. The average Bonchev–Trinajstić information content (AvgIpc) is 2.70. The molecular weight excluding hydrogens is 257 g/mol. The molecule has 102 valence electrons. The fourth-order valence-corrected chi connectivity index (χ4v) is 1.91. The van der Waals surface area contributed by atoms with Gasteiger partial charge in [0.1, 0.15) is 0 Å². The normalized spacial score (nSPS) is 11.8. The first-order valence-electron chi connectivity index (χ1n) is 5.79. The van der Waals surface area contributed by atoms with Crippen LogP contribution < -0.4 is 5.32 Å². The Hall–Kier alpha value is -1.98. The predicted molar refractivity (Wildman–Crippen MR) is 65.8 cm³/mol. The summed E-state index contributed by atoms with van der Waals surface area (Å²) >= 11 is 0. The second-order valence-electron chi connectivity index (χ2n) is 4.37. The molecule has 0 aliphatic rings. The molecule has 1 aromatic carbocycles. The van der Waals surface area contributed by atoms with Crippen molar-refractivity contribution < 1.29 is 18.0 Å². The summed E-state index contributed by atoms with van der Waals surface area (Å²) in [6, 6.07) is 5.84. The van der Waals surface area contributed by atoms with Gasteiger partial charge in [-0.2, -0.15) is 13.2 Å². The summed E-state index contributed by atoms with van der Waals surface area (Å²) in [6.07, 6.45) is -2.72. The zero-order chi connectivity index (χ0) is 14.0. The van der Waals surface area contributed by atoms with Crippen LogP contribution in [0, 0.1) is 6.92 Å². The first-order valence-corrected chi connectivity index (χ1v) is 5.79. The number of amides is 1. The molecule has 0 spiro atoms. The van der Waals surface area contributed by atoms with Gasteiger partial charge in [0, 0.05) is 23.6 Å². The number of rotatable bonds is 3. The number of carbonyl (C=O) groups excluding carboxylic acids is 1.